The molecule has 0 aliphatic heterocycles. The molecule has 3 aromatic rings. The number of aromatic nitrogens is 2. The van der Waals surface area contributed by atoms with Crippen LogP contribution in [0.25, 0.3) is 16.9 Å². The number of imidazole rings is 1. The number of aromatic carboxylic acids is 1. The van der Waals surface area contributed by atoms with Gasteiger partial charge in [-0.3, -0.25) is 4.40 Å². The van der Waals surface area contributed by atoms with E-state index in [1.807, 2.05) is 13.8 Å². The van der Waals surface area contributed by atoms with Crippen LogP contribution in [0, 0.1) is 5.82 Å². The molecule has 6 heteroatoms. The Bertz CT molecular complexity index is 869. The largest absolute Gasteiger partial charge is 0.491 e. The zero-order valence-corrected chi connectivity index (χ0v) is 12.7. The fraction of sp³-hybridized carbons (Fsp3) is 0.176. The fourth-order valence-corrected chi connectivity index (χ4v) is 2.39. The SMILES string of the molecule is CC(C)Oc1ccc(-c2nc3ccc(F)cn3c2C(=O)O)cc1. The number of hydrogen-bond acceptors (Lipinski definition) is 3. The number of benzene rings is 1. The van der Waals surface area contributed by atoms with Crippen molar-refractivity contribution in [2.75, 3.05) is 0 Å². The number of fused-ring (bicyclic) bond motifs is 1. The van der Waals surface area contributed by atoms with E-state index in [4.69, 9.17) is 4.74 Å². The number of pyridine rings is 1. The van der Waals surface area contributed by atoms with Gasteiger partial charge in [-0.1, -0.05) is 0 Å². The van der Waals surface area contributed by atoms with E-state index in [1.165, 1.54) is 16.5 Å². The summed E-state index contributed by atoms with van der Waals surface area (Å²) in [6.45, 7) is 3.85. The Morgan fingerprint density at radius 3 is 2.52 bits per heavy atom. The van der Waals surface area contributed by atoms with E-state index >= 15 is 0 Å². The predicted molar refractivity (Wildman–Crippen MR) is 83.3 cm³/mol. The number of ether oxygens (including phenoxy) is 1. The van der Waals surface area contributed by atoms with Gasteiger partial charge in [-0.05, 0) is 50.2 Å². The van der Waals surface area contributed by atoms with Crippen LogP contribution >= 0.6 is 0 Å². The third-order valence-corrected chi connectivity index (χ3v) is 3.28. The van der Waals surface area contributed by atoms with E-state index in [2.05, 4.69) is 4.98 Å². The summed E-state index contributed by atoms with van der Waals surface area (Å²) < 4.78 is 20.2. The number of hydrogen-bond donors (Lipinski definition) is 1. The van der Waals surface area contributed by atoms with Gasteiger partial charge in [-0.2, -0.15) is 0 Å². The molecule has 0 aliphatic carbocycles. The first-order chi connectivity index (χ1) is 11.0. The maximum atomic E-state index is 13.4. The number of carbonyl (C=O) groups is 1. The first kappa shape index (κ1) is 15.0. The molecule has 1 aromatic carbocycles. The van der Waals surface area contributed by atoms with E-state index in [9.17, 15) is 14.3 Å². The summed E-state index contributed by atoms with van der Waals surface area (Å²) in [6, 6.07) is 9.68. The monoisotopic (exact) mass is 314 g/mol. The molecule has 0 spiro atoms. The maximum absolute atomic E-state index is 13.4. The van der Waals surface area contributed by atoms with Gasteiger partial charge in [0.1, 0.15) is 22.9 Å². The van der Waals surface area contributed by atoms with Gasteiger partial charge in [0.2, 0.25) is 0 Å². The fourth-order valence-electron chi connectivity index (χ4n) is 2.39. The molecule has 5 nitrogen and oxygen atoms in total. The minimum atomic E-state index is -1.17. The average Bonchev–Trinajstić information content (AvgIpc) is 2.86. The zero-order chi connectivity index (χ0) is 16.6. The van der Waals surface area contributed by atoms with Crippen LogP contribution in [0.5, 0.6) is 5.75 Å². The normalized spacial score (nSPS) is 11.1. The standard InChI is InChI=1S/C17H15FN2O3/c1-10(2)23-13-6-3-11(4-7-13)15-16(17(21)22)20-9-12(18)5-8-14(20)19-15/h3-10H,1-2H3,(H,21,22). The third-order valence-electron chi connectivity index (χ3n) is 3.28. The van der Waals surface area contributed by atoms with Crippen molar-refractivity contribution in [2.24, 2.45) is 0 Å². The highest BCUT2D eigenvalue weighted by atomic mass is 19.1. The summed E-state index contributed by atoms with van der Waals surface area (Å²) in [5.74, 6) is -0.999. The van der Waals surface area contributed by atoms with Crippen molar-refractivity contribution in [1.29, 1.82) is 0 Å². The minimum absolute atomic E-state index is 0.0496. The highest BCUT2D eigenvalue weighted by Gasteiger charge is 2.20. The van der Waals surface area contributed by atoms with Crippen LogP contribution in [0.1, 0.15) is 24.3 Å². The highest BCUT2D eigenvalue weighted by molar-refractivity contribution is 5.94. The van der Waals surface area contributed by atoms with Gasteiger partial charge in [0, 0.05) is 11.8 Å². The molecule has 0 aliphatic rings. The second-order valence-electron chi connectivity index (χ2n) is 5.38. The smallest absolute Gasteiger partial charge is 0.355 e. The van der Waals surface area contributed by atoms with Crippen LogP contribution in [-0.4, -0.2) is 26.6 Å². The van der Waals surface area contributed by atoms with Crippen molar-refractivity contribution >= 4 is 11.6 Å². The summed E-state index contributed by atoms with van der Waals surface area (Å²) in [5, 5.41) is 9.47. The van der Waals surface area contributed by atoms with Crippen LogP contribution in [0.4, 0.5) is 4.39 Å². The molecule has 0 fully saturated rings. The van der Waals surface area contributed by atoms with Crippen LogP contribution in [0.2, 0.25) is 0 Å². The van der Waals surface area contributed by atoms with Crippen molar-refractivity contribution in [3.05, 3.63) is 54.1 Å². The minimum Gasteiger partial charge on any atom is -0.491 e. The Morgan fingerprint density at radius 2 is 1.91 bits per heavy atom. The first-order valence-electron chi connectivity index (χ1n) is 7.13. The van der Waals surface area contributed by atoms with E-state index < -0.39 is 11.8 Å². The van der Waals surface area contributed by atoms with Crippen LogP contribution in [-0.2, 0) is 0 Å². The quantitative estimate of drug-likeness (QED) is 0.799. The topological polar surface area (TPSA) is 63.8 Å². The number of nitrogens with zero attached hydrogens (tertiary/aromatic N) is 2. The summed E-state index contributed by atoms with van der Waals surface area (Å²) >= 11 is 0. The zero-order valence-electron chi connectivity index (χ0n) is 12.7. The first-order valence-corrected chi connectivity index (χ1v) is 7.13. The highest BCUT2D eigenvalue weighted by Crippen LogP contribution is 2.27. The van der Waals surface area contributed by atoms with Crippen LogP contribution in [0.15, 0.2) is 42.6 Å². The molecule has 3 rings (SSSR count). The molecule has 2 aromatic heterocycles. The van der Waals surface area contributed by atoms with Gasteiger partial charge >= 0.3 is 5.97 Å². The van der Waals surface area contributed by atoms with Gasteiger partial charge in [0.05, 0.1) is 6.10 Å². The molecular weight excluding hydrogens is 299 g/mol. The van der Waals surface area contributed by atoms with Crippen LogP contribution < -0.4 is 4.74 Å². The Morgan fingerprint density at radius 1 is 1.22 bits per heavy atom. The van der Waals surface area contributed by atoms with Crippen molar-refractivity contribution in [3.63, 3.8) is 0 Å². The molecule has 0 unspecified atom stereocenters. The molecule has 0 saturated heterocycles. The van der Waals surface area contributed by atoms with E-state index in [1.54, 1.807) is 24.3 Å². The lowest BCUT2D eigenvalue weighted by molar-refractivity contribution is 0.0690. The second kappa shape index (κ2) is 5.72. The predicted octanol–water partition coefficient (Wildman–Crippen LogP) is 3.63. The summed E-state index contributed by atoms with van der Waals surface area (Å²) in [7, 11) is 0. The Hall–Kier alpha value is -2.89. The molecule has 0 saturated carbocycles. The van der Waals surface area contributed by atoms with Crippen molar-refractivity contribution in [2.45, 2.75) is 20.0 Å². The second-order valence-corrected chi connectivity index (χ2v) is 5.38. The summed E-state index contributed by atoms with van der Waals surface area (Å²) in [6.07, 6.45) is 1.17. The molecule has 1 N–H and O–H groups in total. The number of carboxylic acid groups (broad SMARTS) is 1. The molecule has 0 radical (unpaired) electrons. The van der Waals surface area contributed by atoms with Gasteiger partial charge in [-0.15, -0.1) is 0 Å². The average molecular weight is 314 g/mol. The van der Waals surface area contributed by atoms with Crippen molar-refractivity contribution in [1.82, 2.24) is 9.38 Å². The lowest BCUT2D eigenvalue weighted by Crippen LogP contribution is -2.05. The number of carboxylic acids is 1. The van der Waals surface area contributed by atoms with E-state index in [-0.39, 0.29) is 11.8 Å². The maximum Gasteiger partial charge on any atom is 0.355 e. The van der Waals surface area contributed by atoms with Gasteiger partial charge in [0.15, 0.2) is 5.69 Å². The Labute approximate surface area is 132 Å². The molecular formula is C17H15FN2O3. The number of rotatable bonds is 4. The molecule has 0 bridgehead atoms. The lowest BCUT2D eigenvalue weighted by Gasteiger charge is -2.09. The molecule has 0 amide bonds. The molecule has 118 valence electrons. The van der Waals surface area contributed by atoms with Gasteiger partial charge in [-0.25, -0.2) is 14.2 Å². The number of halogens is 1. The molecule has 0 atom stereocenters. The van der Waals surface area contributed by atoms with Gasteiger partial charge < -0.3 is 9.84 Å². The van der Waals surface area contributed by atoms with Crippen molar-refractivity contribution < 1.29 is 19.0 Å². The molecule has 2 heterocycles. The van der Waals surface area contributed by atoms with E-state index in [0.29, 0.717) is 22.7 Å². The Kier molecular flexibility index (Phi) is 3.73. The van der Waals surface area contributed by atoms with Crippen molar-refractivity contribution in [3.8, 4) is 17.0 Å². The van der Waals surface area contributed by atoms with E-state index in [0.717, 1.165) is 6.20 Å². The molecule has 23 heavy (non-hydrogen) atoms. The van der Waals surface area contributed by atoms with Crippen LogP contribution in [0.3, 0.4) is 0 Å². The third kappa shape index (κ3) is 2.88. The Balaban J connectivity index is 2.12. The van der Waals surface area contributed by atoms with Gasteiger partial charge in [0.25, 0.3) is 0 Å². The summed E-state index contributed by atoms with van der Waals surface area (Å²) in [4.78, 5) is 15.9. The lowest BCUT2D eigenvalue weighted by atomic mass is 10.1. The summed E-state index contributed by atoms with van der Waals surface area (Å²) in [5.41, 5.74) is 1.22.